The first kappa shape index (κ1) is 11.5. The molecule has 0 aromatic carbocycles. The monoisotopic (exact) mass is 261 g/mol. The molecule has 0 aliphatic heterocycles. The van der Waals surface area contributed by atoms with Crippen LogP contribution in [0.4, 0.5) is 5.13 Å². The number of aryl methyl sites for hydroxylation is 3. The molecule has 0 atom stereocenters. The second-order valence-electron chi connectivity index (χ2n) is 4.41. The van der Waals surface area contributed by atoms with Crippen LogP contribution >= 0.6 is 11.3 Å². The normalized spacial score (nSPS) is 14.9. The Hall–Kier alpha value is -1.62. The van der Waals surface area contributed by atoms with Gasteiger partial charge in [0, 0.05) is 4.88 Å². The molecule has 2 aromatic heterocycles. The highest BCUT2D eigenvalue weighted by Crippen LogP contribution is 2.29. The lowest BCUT2D eigenvalue weighted by molar-refractivity contribution is 0.528. The van der Waals surface area contributed by atoms with Crippen LogP contribution < -0.4 is 5.43 Å². The summed E-state index contributed by atoms with van der Waals surface area (Å²) in [7, 11) is 0. The third kappa shape index (κ3) is 2.46. The smallest absolute Gasteiger partial charge is 0.203 e. The van der Waals surface area contributed by atoms with Crippen molar-refractivity contribution in [2.45, 2.75) is 32.6 Å². The summed E-state index contributed by atoms with van der Waals surface area (Å²) in [5, 5.41) is 5.02. The van der Waals surface area contributed by atoms with Gasteiger partial charge in [0.25, 0.3) is 0 Å². The van der Waals surface area contributed by atoms with Crippen molar-refractivity contribution >= 4 is 22.7 Å². The van der Waals surface area contributed by atoms with Crippen molar-refractivity contribution in [1.82, 2.24) is 4.98 Å². The van der Waals surface area contributed by atoms with E-state index in [-0.39, 0.29) is 0 Å². The molecule has 0 fully saturated rings. The number of hydrogen-bond acceptors (Lipinski definition) is 5. The van der Waals surface area contributed by atoms with Crippen LogP contribution in [0.25, 0.3) is 0 Å². The van der Waals surface area contributed by atoms with Crippen LogP contribution in [0.15, 0.2) is 21.7 Å². The molecule has 0 amide bonds. The molecule has 2 aromatic rings. The maximum absolute atomic E-state index is 5.40. The topological polar surface area (TPSA) is 50.4 Å². The van der Waals surface area contributed by atoms with E-state index in [0.29, 0.717) is 0 Å². The van der Waals surface area contributed by atoms with Crippen LogP contribution in [-0.2, 0) is 12.8 Å². The van der Waals surface area contributed by atoms with Gasteiger partial charge in [0.05, 0.1) is 11.9 Å². The van der Waals surface area contributed by atoms with Crippen LogP contribution in [0.1, 0.15) is 34.9 Å². The fourth-order valence-electron chi connectivity index (χ4n) is 2.07. The standard InChI is InChI=1S/C13H15N3OS/c1-9-6-7-10(17-9)8-14-16-13-15-11-4-2-3-5-12(11)18-13/h6-8H,2-5H2,1H3,(H,15,16)/b14-8-. The molecule has 2 heterocycles. The minimum Gasteiger partial charge on any atom is -0.460 e. The van der Waals surface area contributed by atoms with Crippen molar-refractivity contribution in [1.29, 1.82) is 0 Å². The molecule has 5 heteroatoms. The Kier molecular flexibility index (Phi) is 3.15. The number of anilines is 1. The lowest BCUT2D eigenvalue weighted by Crippen LogP contribution is -1.99. The molecule has 0 saturated carbocycles. The summed E-state index contributed by atoms with van der Waals surface area (Å²) in [6.07, 6.45) is 6.48. The molecule has 0 saturated heterocycles. The Balaban J connectivity index is 1.66. The lowest BCUT2D eigenvalue weighted by Gasteiger charge is -2.06. The molecule has 18 heavy (non-hydrogen) atoms. The fraction of sp³-hybridized carbons (Fsp3) is 0.385. The van der Waals surface area contributed by atoms with Crippen molar-refractivity contribution in [3.05, 3.63) is 34.2 Å². The van der Waals surface area contributed by atoms with Crippen molar-refractivity contribution < 1.29 is 4.42 Å². The number of hydrazone groups is 1. The van der Waals surface area contributed by atoms with Crippen LogP contribution in [0.5, 0.6) is 0 Å². The van der Waals surface area contributed by atoms with Gasteiger partial charge in [-0.1, -0.05) is 0 Å². The maximum Gasteiger partial charge on any atom is 0.203 e. The first-order valence-corrected chi connectivity index (χ1v) is 6.97. The number of aromatic nitrogens is 1. The molecule has 1 aliphatic carbocycles. The summed E-state index contributed by atoms with van der Waals surface area (Å²) in [5.74, 6) is 1.64. The molecule has 1 aliphatic rings. The summed E-state index contributed by atoms with van der Waals surface area (Å²) >= 11 is 1.71. The van der Waals surface area contributed by atoms with Gasteiger partial charge in [-0.25, -0.2) is 4.98 Å². The molecule has 3 rings (SSSR count). The van der Waals surface area contributed by atoms with Gasteiger partial charge in [0.1, 0.15) is 11.5 Å². The van der Waals surface area contributed by atoms with E-state index in [1.54, 1.807) is 17.6 Å². The van der Waals surface area contributed by atoms with Gasteiger partial charge in [-0.3, -0.25) is 5.43 Å². The van der Waals surface area contributed by atoms with Crippen molar-refractivity contribution in [2.24, 2.45) is 5.10 Å². The van der Waals surface area contributed by atoms with E-state index in [2.05, 4.69) is 15.5 Å². The zero-order valence-electron chi connectivity index (χ0n) is 10.3. The summed E-state index contributed by atoms with van der Waals surface area (Å²) in [5.41, 5.74) is 4.22. The predicted octanol–water partition coefficient (Wildman–Crippen LogP) is 3.37. The van der Waals surface area contributed by atoms with Crippen LogP contribution in [0.2, 0.25) is 0 Å². The molecule has 0 unspecified atom stereocenters. The van der Waals surface area contributed by atoms with Gasteiger partial charge in [-0.15, -0.1) is 11.3 Å². The van der Waals surface area contributed by atoms with E-state index >= 15 is 0 Å². The zero-order chi connectivity index (χ0) is 12.4. The van der Waals surface area contributed by atoms with Gasteiger partial charge < -0.3 is 4.42 Å². The minimum atomic E-state index is 0.751. The molecule has 0 bridgehead atoms. The number of furan rings is 1. The molecular weight excluding hydrogens is 246 g/mol. The van der Waals surface area contributed by atoms with E-state index in [1.165, 1.54) is 23.4 Å². The molecular formula is C13H15N3OS. The number of hydrogen-bond donors (Lipinski definition) is 1. The molecule has 4 nitrogen and oxygen atoms in total. The molecule has 94 valence electrons. The van der Waals surface area contributed by atoms with Gasteiger partial charge in [0.15, 0.2) is 0 Å². The van der Waals surface area contributed by atoms with Gasteiger partial charge in [-0.05, 0) is 44.7 Å². The number of rotatable bonds is 3. The Morgan fingerprint density at radius 1 is 1.39 bits per heavy atom. The van der Waals surface area contributed by atoms with Crippen molar-refractivity contribution in [3.63, 3.8) is 0 Å². The zero-order valence-corrected chi connectivity index (χ0v) is 11.1. The Bertz CT molecular complexity index is 547. The maximum atomic E-state index is 5.40. The van der Waals surface area contributed by atoms with Gasteiger partial charge in [0.2, 0.25) is 5.13 Å². The second-order valence-corrected chi connectivity index (χ2v) is 5.50. The summed E-state index contributed by atoms with van der Waals surface area (Å²) in [6, 6.07) is 3.82. The van der Waals surface area contributed by atoms with E-state index in [9.17, 15) is 0 Å². The third-order valence-electron chi connectivity index (χ3n) is 2.96. The minimum absolute atomic E-state index is 0.751. The van der Waals surface area contributed by atoms with Gasteiger partial charge in [-0.2, -0.15) is 5.10 Å². The summed E-state index contributed by atoms with van der Waals surface area (Å²) in [4.78, 5) is 5.96. The molecule has 0 spiro atoms. The number of nitrogens with one attached hydrogen (secondary N) is 1. The first-order valence-electron chi connectivity index (χ1n) is 6.15. The van der Waals surface area contributed by atoms with Crippen LogP contribution in [0, 0.1) is 6.92 Å². The summed E-state index contributed by atoms with van der Waals surface area (Å²) in [6.45, 7) is 1.92. The van der Waals surface area contributed by atoms with Crippen molar-refractivity contribution in [3.8, 4) is 0 Å². The summed E-state index contributed by atoms with van der Waals surface area (Å²) < 4.78 is 5.40. The molecule has 0 radical (unpaired) electrons. The van der Waals surface area contributed by atoms with E-state index in [1.807, 2.05) is 19.1 Å². The Morgan fingerprint density at radius 2 is 2.28 bits per heavy atom. The number of thiazole rings is 1. The largest absolute Gasteiger partial charge is 0.460 e. The second kappa shape index (κ2) is 4.94. The quantitative estimate of drug-likeness (QED) is 0.680. The van der Waals surface area contributed by atoms with Crippen LogP contribution in [0.3, 0.4) is 0 Å². The van der Waals surface area contributed by atoms with Crippen LogP contribution in [-0.4, -0.2) is 11.2 Å². The highest BCUT2D eigenvalue weighted by molar-refractivity contribution is 7.15. The highest BCUT2D eigenvalue weighted by atomic mass is 32.1. The SMILES string of the molecule is Cc1ccc(/C=N\Nc2nc3c(s2)CCCC3)o1. The third-order valence-corrected chi connectivity index (χ3v) is 4.02. The lowest BCUT2D eigenvalue weighted by atomic mass is 10.0. The van der Waals surface area contributed by atoms with Gasteiger partial charge >= 0.3 is 0 Å². The predicted molar refractivity (Wildman–Crippen MR) is 73.4 cm³/mol. The fourth-order valence-corrected chi connectivity index (χ4v) is 3.07. The average Bonchev–Trinajstić information content (AvgIpc) is 2.95. The van der Waals surface area contributed by atoms with E-state index in [4.69, 9.17) is 4.42 Å². The highest BCUT2D eigenvalue weighted by Gasteiger charge is 2.14. The average molecular weight is 261 g/mol. The molecule has 1 N–H and O–H groups in total. The van der Waals surface area contributed by atoms with E-state index in [0.717, 1.165) is 29.5 Å². The van der Waals surface area contributed by atoms with E-state index < -0.39 is 0 Å². The van der Waals surface area contributed by atoms with Crippen molar-refractivity contribution in [2.75, 3.05) is 5.43 Å². The number of fused-ring (bicyclic) bond motifs is 1. The Labute approximate surface area is 110 Å². The number of nitrogens with zero attached hydrogens (tertiary/aromatic N) is 2. The Morgan fingerprint density at radius 3 is 3.06 bits per heavy atom. The first-order chi connectivity index (χ1) is 8.81.